The minimum atomic E-state index is -4.36. The van der Waals surface area contributed by atoms with Crippen molar-refractivity contribution in [3.05, 3.63) is 64.2 Å². The Kier molecular flexibility index (Phi) is 10.6. The smallest absolute Gasteiger partial charge is 0.416 e. The number of aryl methyl sites for hydroxylation is 1. The molecule has 1 aliphatic carbocycles. The molecular weight excluding hydrogens is 549 g/mol. The van der Waals surface area contributed by atoms with E-state index in [1.165, 1.54) is 12.1 Å². The summed E-state index contributed by atoms with van der Waals surface area (Å²) in [5.41, 5.74) is 2.20. The number of nitrogens with zero attached hydrogens (tertiary/aromatic N) is 1. The van der Waals surface area contributed by atoms with Gasteiger partial charge in [-0.1, -0.05) is 12.1 Å². The molecule has 7 nitrogen and oxygen atoms in total. The highest BCUT2D eigenvalue weighted by atomic mass is 19.4. The summed E-state index contributed by atoms with van der Waals surface area (Å²) >= 11 is 0. The number of hydrogen-bond acceptors (Lipinski definition) is 5. The van der Waals surface area contributed by atoms with Crippen molar-refractivity contribution < 1.29 is 37.7 Å². The average molecular weight is 589 g/mol. The predicted octanol–water partition coefficient (Wildman–Crippen LogP) is 6.01. The summed E-state index contributed by atoms with van der Waals surface area (Å²) < 4.78 is 44.6. The molecule has 0 spiro atoms. The van der Waals surface area contributed by atoms with Gasteiger partial charge in [0.1, 0.15) is 5.75 Å². The molecule has 2 aromatic carbocycles. The summed E-state index contributed by atoms with van der Waals surface area (Å²) in [6.07, 6.45) is 2.53. The zero-order valence-electron chi connectivity index (χ0n) is 23.8. The lowest BCUT2D eigenvalue weighted by Gasteiger charge is -2.33. The lowest BCUT2D eigenvalue weighted by molar-refractivity contribution is -0.139. The quantitative estimate of drug-likeness (QED) is 0.281. The monoisotopic (exact) mass is 588 g/mol. The molecule has 1 heterocycles. The van der Waals surface area contributed by atoms with Crippen molar-refractivity contribution in [2.75, 3.05) is 19.8 Å². The Morgan fingerprint density at radius 2 is 1.81 bits per heavy atom. The number of amides is 1. The second kappa shape index (κ2) is 14.2. The fraction of sp³-hybridized carbons (Fsp3) is 0.531. The van der Waals surface area contributed by atoms with Gasteiger partial charge in [0, 0.05) is 41.8 Å². The SMILES string of the molecule is CCOc1ccc(C(=O)NC(CO)C2CCC(CC(=O)O)CC2)c2c1C(CCCc1ccc(C(F)(F)F)cc1)CN=C2. The van der Waals surface area contributed by atoms with Crippen LogP contribution in [0.2, 0.25) is 0 Å². The summed E-state index contributed by atoms with van der Waals surface area (Å²) in [4.78, 5) is 29.1. The maximum atomic E-state index is 13.5. The van der Waals surface area contributed by atoms with Crippen LogP contribution in [0, 0.1) is 11.8 Å². The predicted molar refractivity (Wildman–Crippen MR) is 153 cm³/mol. The van der Waals surface area contributed by atoms with Gasteiger partial charge in [0.15, 0.2) is 0 Å². The van der Waals surface area contributed by atoms with E-state index < -0.39 is 23.8 Å². The number of carbonyl (C=O) groups excluding carboxylic acids is 1. The number of fused-ring (bicyclic) bond motifs is 1. The van der Waals surface area contributed by atoms with Crippen LogP contribution in [0.25, 0.3) is 0 Å². The van der Waals surface area contributed by atoms with Gasteiger partial charge in [0.05, 0.1) is 24.8 Å². The second-order valence-electron chi connectivity index (χ2n) is 11.3. The van der Waals surface area contributed by atoms with Crippen molar-refractivity contribution in [1.29, 1.82) is 0 Å². The third kappa shape index (κ3) is 7.91. The number of aliphatic imine (C=N–C) groups is 1. The summed E-state index contributed by atoms with van der Waals surface area (Å²) in [6, 6.07) is 8.31. The zero-order valence-corrected chi connectivity index (χ0v) is 23.8. The van der Waals surface area contributed by atoms with Gasteiger partial charge in [0.2, 0.25) is 0 Å². The largest absolute Gasteiger partial charge is 0.494 e. The van der Waals surface area contributed by atoms with E-state index in [-0.39, 0.29) is 36.7 Å². The fourth-order valence-electron chi connectivity index (χ4n) is 6.27. The molecule has 10 heteroatoms. The van der Waals surface area contributed by atoms with Crippen LogP contribution in [0.1, 0.15) is 90.4 Å². The first-order valence-electron chi connectivity index (χ1n) is 14.7. The molecule has 1 saturated carbocycles. The standard InChI is InChI=1S/C32H39F3N2O5/c1-2-42-28-15-14-25(31(41)37-27(19-38)22-10-6-21(7-11-22)16-29(39)40)26-18-36-17-23(30(26)28)5-3-4-20-8-12-24(13-9-20)32(33,34)35/h8-9,12-15,18,21-23,27,38H,2-7,10-11,16-17,19H2,1H3,(H,37,41)(H,39,40). The van der Waals surface area contributed by atoms with Gasteiger partial charge in [-0.05, 0) is 93.5 Å². The Morgan fingerprint density at radius 3 is 2.43 bits per heavy atom. The van der Waals surface area contributed by atoms with Gasteiger partial charge in [-0.2, -0.15) is 13.2 Å². The van der Waals surface area contributed by atoms with Gasteiger partial charge in [-0.3, -0.25) is 14.6 Å². The zero-order chi connectivity index (χ0) is 30.3. The number of rotatable bonds is 12. The van der Waals surface area contributed by atoms with E-state index in [1.54, 1.807) is 18.3 Å². The molecule has 0 radical (unpaired) electrons. The Bertz CT molecular complexity index is 1250. The van der Waals surface area contributed by atoms with E-state index in [2.05, 4.69) is 10.3 Å². The molecule has 0 bridgehead atoms. The first-order chi connectivity index (χ1) is 20.1. The number of aliphatic carboxylic acids is 1. The van der Waals surface area contributed by atoms with Crippen molar-refractivity contribution in [2.24, 2.45) is 16.8 Å². The second-order valence-corrected chi connectivity index (χ2v) is 11.3. The molecule has 4 rings (SSSR count). The van der Waals surface area contributed by atoms with Crippen LogP contribution in [-0.2, 0) is 17.4 Å². The first-order valence-corrected chi connectivity index (χ1v) is 14.7. The molecule has 228 valence electrons. The highest BCUT2D eigenvalue weighted by Crippen LogP contribution is 2.38. The minimum Gasteiger partial charge on any atom is -0.494 e. The third-order valence-corrected chi connectivity index (χ3v) is 8.48. The van der Waals surface area contributed by atoms with E-state index in [0.29, 0.717) is 36.4 Å². The van der Waals surface area contributed by atoms with Gasteiger partial charge in [0.25, 0.3) is 5.91 Å². The van der Waals surface area contributed by atoms with Crippen molar-refractivity contribution in [3.63, 3.8) is 0 Å². The molecule has 0 aromatic heterocycles. The third-order valence-electron chi connectivity index (χ3n) is 8.48. The fourth-order valence-corrected chi connectivity index (χ4v) is 6.27. The Hall–Kier alpha value is -3.40. The average Bonchev–Trinajstić information content (AvgIpc) is 2.96. The number of benzene rings is 2. The van der Waals surface area contributed by atoms with Crippen LogP contribution in [0.5, 0.6) is 5.75 Å². The Labute approximate surface area is 244 Å². The van der Waals surface area contributed by atoms with E-state index in [4.69, 9.17) is 9.84 Å². The summed E-state index contributed by atoms with van der Waals surface area (Å²) in [5.74, 6) is -0.256. The van der Waals surface area contributed by atoms with Crippen LogP contribution in [0.15, 0.2) is 41.4 Å². The van der Waals surface area contributed by atoms with E-state index >= 15 is 0 Å². The molecule has 3 N–H and O–H groups in total. The Morgan fingerprint density at radius 1 is 1.10 bits per heavy atom. The topological polar surface area (TPSA) is 108 Å². The normalized spacial score (nSPS) is 20.9. The summed E-state index contributed by atoms with van der Waals surface area (Å²) in [5, 5.41) is 22.2. The van der Waals surface area contributed by atoms with Crippen molar-refractivity contribution in [2.45, 2.75) is 76.4 Å². The molecular formula is C32H39F3N2O5. The number of halogens is 3. The van der Waals surface area contributed by atoms with Crippen molar-refractivity contribution >= 4 is 18.1 Å². The molecule has 42 heavy (non-hydrogen) atoms. The molecule has 2 aliphatic rings. The molecule has 1 amide bonds. The van der Waals surface area contributed by atoms with Gasteiger partial charge in [-0.25, -0.2) is 0 Å². The van der Waals surface area contributed by atoms with Gasteiger partial charge >= 0.3 is 12.1 Å². The number of aliphatic hydroxyl groups is 1. The van der Waals surface area contributed by atoms with Gasteiger partial charge < -0.3 is 20.3 Å². The van der Waals surface area contributed by atoms with Gasteiger partial charge in [-0.15, -0.1) is 0 Å². The number of ether oxygens (including phenoxy) is 1. The number of alkyl halides is 3. The molecule has 1 fully saturated rings. The lowest BCUT2D eigenvalue weighted by atomic mass is 9.77. The van der Waals surface area contributed by atoms with Crippen molar-refractivity contribution in [1.82, 2.24) is 5.32 Å². The maximum absolute atomic E-state index is 13.5. The maximum Gasteiger partial charge on any atom is 0.416 e. The van der Waals surface area contributed by atoms with E-state index in [9.17, 15) is 27.9 Å². The molecule has 0 saturated heterocycles. The van der Waals surface area contributed by atoms with E-state index in [1.807, 2.05) is 6.92 Å². The number of carboxylic acids is 1. The Balaban J connectivity index is 1.45. The van der Waals surface area contributed by atoms with Crippen LogP contribution >= 0.6 is 0 Å². The molecule has 2 unspecified atom stereocenters. The molecule has 2 aromatic rings. The number of hydrogen-bond donors (Lipinski definition) is 3. The minimum absolute atomic E-state index is 0.0214. The highest BCUT2D eigenvalue weighted by Gasteiger charge is 2.32. The van der Waals surface area contributed by atoms with E-state index in [0.717, 1.165) is 61.8 Å². The summed E-state index contributed by atoms with van der Waals surface area (Å²) in [7, 11) is 0. The number of nitrogens with one attached hydrogen (secondary N) is 1. The van der Waals surface area contributed by atoms with Crippen LogP contribution < -0.4 is 10.1 Å². The summed E-state index contributed by atoms with van der Waals surface area (Å²) in [6.45, 7) is 2.65. The van der Waals surface area contributed by atoms with Crippen LogP contribution in [0.3, 0.4) is 0 Å². The lowest BCUT2D eigenvalue weighted by Crippen LogP contribution is -2.44. The highest BCUT2D eigenvalue weighted by molar-refractivity contribution is 6.04. The van der Waals surface area contributed by atoms with Crippen molar-refractivity contribution in [3.8, 4) is 5.75 Å². The number of carbonyl (C=O) groups is 2. The number of carboxylic acid groups (broad SMARTS) is 1. The molecule has 2 atom stereocenters. The van der Waals surface area contributed by atoms with Crippen LogP contribution in [0.4, 0.5) is 13.2 Å². The number of aliphatic hydroxyl groups excluding tert-OH is 1. The first kappa shape index (κ1) is 31.5. The molecule has 1 aliphatic heterocycles. The van der Waals surface area contributed by atoms with Crippen LogP contribution in [-0.4, -0.2) is 54.1 Å².